The molecule has 6 nitrogen and oxygen atoms in total. The average Bonchev–Trinajstić information content (AvgIpc) is 2.84. The highest BCUT2D eigenvalue weighted by Gasteiger charge is 2.16. The highest BCUT2D eigenvalue weighted by atomic mass is 79.9. The minimum atomic E-state index is -0.226. The van der Waals surface area contributed by atoms with Gasteiger partial charge in [-0.05, 0) is 41.1 Å². The number of ether oxygens (including phenoxy) is 1. The summed E-state index contributed by atoms with van der Waals surface area (Å²) in [4.78, 5) is 12.2. The van der Waals surface area contributed by atoms with Crippen LogP contribution in [0, 0.1) is 0 Å². The van der Waals surface area contributed by atoms with Gasteiger partial charge in [0.1, 0.15) is 12.1 Å². The number of methoxy groups -OCH3 is 1. The summed E-state index contributed by atoms with van der Waals surface area (Å²) in [6.07, 6.45) is 1.60. The summed E-state index contributed by atoms with van der Waals surface area (Å²) in [5.74, 6) is 1.21. The van der Waals surface area contributed by atoms with Crippen LogP contribution < -0.4 is 10.1 Å². The maximum absolute atomic E-state index is 12.2. The van der Waals surface area contributed by atoms with Gasteiger partial charge in [-0.15, -0.1) is 10.2 Å². The summed E-state index contributed by atoms with van der Waals surface area (Å²) >= 11 is 3.36. The zero-order valence-electron chi connectivity index (χ0n) is 11.4. The largest absolute Gasteiger partial charge is 0.496 e. The molecule has 0 fully saturated rings. The molecule has 0 saturated carbocycles. The quantitative estimate of drug-likeness (QED) is 0.926. The summed E-state index contributed by atoms with van der Waals surface area (Å²) in [6.45, 7) is 1.86. The van der Waals surface area contributed by atoms with Crippen LogP contribution in [0.1, 0.15) is 29.1 Å². The average molecular weight is 339 g/mol. The zero-order valence-corrected chi connectivity index (χ0v) is 13.0. The van der Waals surface area contributed by atoms with Gasteiger partial charge in [0.15, 0.2) is 5.82 Å². The normalized spacial score (nSPS) is 12.0. The van der Waals surface area contributed by atoms with Gasteiger partial charge in [0, 0.05) is 12.6 Å². The molecule has 1 heterocycles. The van der Waals surface area contributed by atoms with E-state index in [0.717, 1.165) is 4.47 Å². The van der Waals surface area contributed by atoms with Crippen LogP contribution in [-0.2, 0) is 7.05 Å². The fraction of sp³-hybridized carbons (Fsp3) is 0.308. The van der Waals surface area contributed by atoms with Crippen molar-refractivity contribution in [3.8, 4) is 5.75 Å². The van der Waals surface area contributed by atoms with Gasteiger partial charge in [-0.25, -0.2) is 0 Å². The van der Waals surface area contributed by atoms with Crippen LogP contribution in [0.4, 0.5) is 0 Å². The molecule has 1 atom stereocenters. The van der Waals surface area contributed by atoms with Crippen molar-refractivity contribution in [3.05, 3.63) is 40.4 Å². The molecule has 0 aliphatic rings. The number of aryl methyl sites for hydroxylation is 1. The minimum Gasteiger partial charge on any atom is -0.496 e. The van der Waals surface area contributed by atoms with E-state index >= 15 is 0 Å². The maximum Gasteiger partial charge on any atom is 0.251 e. The standard InChI is InChI=1S/C13H15BrN4O2/c1-8(12-17-15-7-18(12)2)16-13(19)9-4-5-11(20-3)10(14)6-9/h4-8H,1-3H3,(H,16,19). The van der Waals surface area contributed by atoms with Gasteiger partial charge in [-0.1, -0.05) is 0 Å². The number of hydrogen-bond acceptors (Lipinski definition) is 4. The number of nitrogens with one attached hydrogen (secondary N) is 1. The van der Waals surface area contributed by atoms with Gasteiger partial charge in [0.05, 0.1) is 17.6 Å². The number of carbonyl (C=O) groups excluding carboxylic acids is 1. The van der Waals surface area contributed by atoms with Crippen molar-refractivity contribution in [2.75, 3.05) is 7.11 Å². The smallest absolute Gasteiger partial charge is 0.251 e. The maximum atomic E-state index is 12.2. The molecule has 106 valence electrons. The second kappa shape index (κ2) is 6.04. The summed E-state index contributed by atoms with van der Waals surface area (Å²) < 4.78 is 7.64. The van der Waals surface area contributed by atoms with Crippen molar-refractivity contribution in [1.29, 1.82) is 0 Å². The number of hydrogen-bond donors (Lipinski definition) is 1. The molecule has 20 heavy (non-hydrogen) atoms. The van der Waals surface area contributed by atoms with Gasteiger partial charge < -0.3 is 14.6 Å². The number of amides is 1. The third-order valence-corrected chi connectivity index (χ3v) is 3.51. The number of nitrogens with zero attached hydrogens (tertiary/aromatic N) is 3. The molecule has 0 saturated heterocycles. The van der Waals surface area contributed by atoms with Crippen molar-refractivity contribution in [1.82, 2.24) is 20.1 Å². The molecule has 0 spiro atoms. The van der Waals surface area contributed by atoms with E-state index in [0.29, 0.717) is 17.1 Å². The fourth-order valence-corrected chi connectivity index (χ4v) is 2.38. The third-order valence-electron chi connectivity index (χ3n) is 2.90. The number of halogens is 1. The molecule has 0 aliphatic carbocycles. The Hall–Kier alpha value is -1.89. The van der Waals surface area contributed by atoms with E-state index in [1.54, 1.807) is 36.2 Å². The number of aromatic nitrogens is 3. The summed E-state index contributed by atoms with van der Waals surface area (Å²) in [6, 6.07) is 4.95. The molecule has 1 unspecified atom stereocenters. The lowest BCUT2D eigenvalue weighted by atomic mass is 10.2. The number of benzene rings is 1. The molecule has 0 bridgehead atoms. The van der Waals surface area contributed by atoms with Crippen molar-refractivity contribution in [3.63, 3.8) is 0 Å². The molecule has 2 rings (SSSR count). The van der Waals surface area contributed by atoms with Crippen molar-refractivity contribution < 1.29 is 9.53 Å². The fourth-order valence-electron chi connectivity index (χ4n) is 1.84. The van der Waals surface area contributed by atoms with Crippen LogP contribution in [0.5, 0.6) is 5.75 Å². The Balaban J connectivity index is 2.12. The summed E-state index contributed by atoms with van der Waals surface area (Å²) in [5.41, 5.74) is 0.548. The predicted octanol–water partition coefficient (Wildman–Crippen LogP) is 2.08. The lowest BCUT2D eigenvalue weighted by Gasteiger charge is -2.13. The SMILES string of the molecule is COc1ccc(C(=O)NC(C)c2nncn2C)cc1Br. The molecule has 0 aliphatic heterocycles. The van der Waals surface area contributed by atoms with Gasteiger partial charge in [-0.3, -0.25) is 4.79 Å². The van der Waals surface area contributed by atoms with E-state index in [9.17, 15) is 4.79 Å². The van der Waals surface area contributed by atoms with Gasteiger partial charge in [0.2, 0.25) is 0 Å². The Morgan fingerprint density at radius 3 is 2.80 bits per heavy atom. The zero-order chi connectivity index (χ0) is 14.7. The Kier molecular flexibility index (Phi) is 4.39. The first kappa shape index (κ1) is 14.5. The minimum absolute atomic E-state index is 0.177. The second-order valence-corrected chi connectivity index (χ2v) is 5.20. The van der Waals surface area contributed by atoms with Crippen molar-refractivity contribution in [2.24, 2.45) is 7.05 Å². The first-order valence-corrected chi connectivity index (χ1v) is 6.80. The molecule has 2 aromatic rings. The van der Waals surface area contributed by atoms with E-state index < -0.39 is 0 Å². The molecule has 1 aromatic carbocycles. The van der Waals surface area contributed by atoms with Crippen LogP contribution in [0.15, 0.2) is 29.0 Å². The first-order chi connectivity index (χ1) is 9.52. The van der Waals surface area contributed by atoms with Crippen LogP contribution in [0.3, 0.4) is 0 Å². The van der Waals surface area contributed by atoms with Crippen LogP contribution >= 0.6 is 15.9 Å². The van der Waals surface area contributed by atoms with Crippen LogP contribution in [-0.4, -0.2) is 27.8 Å². The summed E-state index contributed by atoms with van der Waals surface area (Å²) in [5, 5.41) is 10.7. The molecular weight excluding hydrogens is 324 g/mol. The van der Waals surface area contributed by atoms with E-state index in [2.05, 4.69) is 31.4 Å². The second-order valence-electron chi connectivity index (χ2n) is 4.34. The Morgan fingerprint density at radius 1 is 1.50 bits per heavy atom. The van der Waals surface area contributed by atoms with Crippen molar-refractivity contribution >= 4 is 21.8 Å². The Labute approximate surface area is 125 Å². The molecule has 7 heteroatoms. The van der Waals surface area contributed by atoms with Gasteiger partial charge >= 0.3 is 0 Å². The van der Waals surface area contributed by atoms with E-state index in [1.807, 2.05) is 14.0 Å². The lowest BCUT2D eigenvalue weighted by molar-refractivity contribution is 0.0937. The molecular formula is C13H15BrN4O2. The molecule has 1 aromatic heterocycles. The van der Waals surface area contributed by atoms with E-state index in [-0.39, 0.29) is 11.9 Å². The first-order valence-electron chi connectivity index (χ1n) is 6.01. The van der Waals surface area contributed by atoms with Gasteiger partial charge in [0.25, 0.3) is 5.91 Å². The summed E-state index contributed by atoms with van der Waals surface area (Å²) in [7, 11) is 3.41. The van der Waals surface area contributed by atoms with Crippen molar-refractivity contribution in [2.45, 2.75) is 13.0 Å². The highest BCUT2D eigenvalue weighted by Crippen LogP contribution is 2.25. The Bertz CT molecular complexity index is 627. The third kappa shape index (κ3) is 2.98. The van der Waals surface area contributed by atoms with E-state index in [1.165, 1.54) is 0 Å². The molecule has 1 amide bonds. The van der Waals surface area contributed by atoms with Crippen LogP contribution in [0.2, 0.25) is 0 Å². The van der Waals surface area contributed by atoms with Crippen LogP contribution in [0.25, 0.3) is 0 Å². The van der Waals surface area contributed by atoms with Gasteiger partial charge in [-0.2, -0.15) is 0 Å². The number of carbonyl (C=O) groups is 1. The van der Waals surface area contributed by atoms with E-state index in [4.69, 9.17) is 4.74 Å². The highest BCUT2D eigenvalue weighted by molar-refractivity contribution is 9.10. The molecule has 0 radical (unpaired) electrons. The molecule has 1 N–H and O–H groups in total. The predicted molar refractivity (Wildman–Crippen MR) is 77.6 cm³/mol. The Morgan fingerprint density at radius 2 is 2.25 bits per heavy atom. The topological polar surface area (TPSA) is 69.0 Å². The monoisotopic (exact) mass is 338 g/mol. The number of rotatable bonds is 4. The lowest BCUT2D eigenvalue weighted by Crippen LogP contribution is -2.28.